The number of phenolic OH excluding ortho intramolecular Hbond substituents is 2. The molecule has 0 aromatic heterocycles. The average molecular weight is 232 g/mol. The van der Waals surface area contributed by atoms with Crippen LogP contribution in [0, 0.1) is 23.3 Å². The van der Waals surface area contributed by atoms with Gasteiger partial charge in [-0.1, -0.05) is 0 Å². The Kier molecular flexibility index (Phi) is 2.15. The van der Waals surface area contributed by atoms with Crippen molar-refractivity contribution in [3.63, 3.8) is 0 Å². The Bertz CT molecular complexity index is 595. The summed E-state index contributed by atoms with van der Waals surface area (Å²) in [6.07, 6.45) is 0. The molecule has 0 radical (unpaired) electrons. The van der Waals surface area contributed by atoms with Crippen molar-refractivity contribution in [1.29, 1.82) is 0 Å². The summed E-state index contributed by atoms with van der Waals surface area (Å²) in [4.78, 5) is 0. The van der Waals surface area contributed by atoms with Crippen LogP contribution in [0.1, 0.15) is 0 Å². The summed E-state index contributed by atoms with van der Waals surface area (Å²) in [6, 6.07) is 1.61. The van der Waals surface area contributed by atoms with E-state index in [2.05, 4.69) is 0 Å². The van der Waals surface area contributed by atoms with Crippen LogP contribution in [0.3, 0.4) is 0 Å². The maximum absolute atomic E-state index is 13.2. The summed E-state index contributed by atoms with van der Waals surface area (Å²) < 4.78 is 52.6. The fraction of sp³-hybridized carbons (Fsp3) is 0. The first kappa shape index (κ1) is 10.5. The molecule has 0 aliphatic heterocycles. The third-order valence-corrected chi connectivity index (χ3v) is 2.19. The second-order valence-corrected chi connectivity index (χ2v) is 3.11. The van der Waals surface area contributed by atoms with Gasteiger partial charge in [0.15, 0.2) is 29.0 Å². The molecule has 84 valence electrons. The summed E-state index contributed by atoms with van der Waals surface area (Å²) in [7, 11) is 0. The molecular weight excluding hydrogens is 228 g/mol. The van der Waals surface area contributed by atoms with Gasteiger partial charge in [0.2, 0.25) is 5.82 Å². The molecule has 0 heterocycles. The molecule has 0 unspecified atom stereocenters. The lowest BCUT2D eigenvalue weighted by atomic mass is 10.1. The Balaban J connectivity index is 3.09. The van der Waals surface area contributed by atoms with Gasteiger partial charge in [0, 0.05) is 5.39 Å². The smallest absolute Gasteiger partial charge is 0.204 e. The van der Waals surface area contributed by atoms with Crippen molar-refractivity contribution in [2.45, 2.75) is 0 Å². The molecule has 16 heavy (non-hydrogen) atoms. The number of fused-ring (bicyclic) bond motifs is 1. The number of benzene rings is 2. The lowest BCUT2D eigenvalue weighted by Gasteiger charge is -2.07. The SMILES string of the molecule is Oc1ccc2c(F)c(O)c(F)c(F)c2c1F. The summed E-state index contributed by atoms with van der Waals surface area (Å²) >= 11 is 0. The third kappa shape index (κ3) is 1.19. The fourth-order valence-electron chi connectivity index (χ4n) is 1.40. The maximum atomic E-state index is 13.2. The number of hydrogen-bond donors (Lipinski definition) is 2. The normalized spacial score (nSPS) is 11.0. The Labute approximate surface area is 86.4 Å². The molecule has 2 aromatic rings. The molecule has 0 amide bonds. The Morgan fingerprint density at radius 3 is 2.00 bits per heavy atom. The monoisotopic (exact) mass is 232 g/mol. The van der Waals surface area contributed by atoms with Gasteiger partial charge >= 0.3 is 0 Å². The van der Waals surface area contributed by atoms with Gasteiger partial charge in [0.05, 0.1) is 5.39 Å². The van der Waals surface area contributed by atoms with Gasteiger partial charge in [0.25, 0.3) is 0 Å². The van der Waals surface area contributed by atoms with Crippen LogP contribution in [-0.4, -0.2) is 10.2 Å². The molecule has 2 rings (SSSR count). The lowest BCUT2D eigenvalue weighted by molar-refractivity contribution is 0.380. The number of phenols is 2. The van der Waals surface area contributed by atoms with Gasteiger partial charge in [-0.2, -0.15) is 4.39 Å². The highest BCUT2D eigenvalue weighted by Crippen LogP contribution is 2.35. The van der Waals surface area contributed by atoms with Crippen LogP contribution in [0.2, 0.25) is 0 Å². The zero-order valence-corrected chi connectivity index (χ0v) is 7.56. The van der Waals surface area contributed by atoms with Crippen LogP contribution >= 0.6 is 0 Å². The molecule has 0 spiro atoms. The molecule has 0 saturated heterocycles. The topological polar surface area (TPSA) is 40.5 Å². The zero-order chi connectivity index (χ0) is 12.0. The molecule has 0 fully saturated rings. The standard InChI is InChI=1S/C10H4F4O2/c11-6-3-1-2-4(15)7(12)5(3)8(13)9(14)10(6)16/h1-2,15-16H. The van der Waals surface area contributed by atoms with Gasteiger partial charge in [0.1, 0.15) is 0 Å². The molecule has 0 aliphatic carbocycles. The zero-order valence-electron chi connectivity index (χ0n) is 7.56. The second-order valence-electron chi connectivity index (χ2n) is 3.11. The highest BCUT2D eigenvalue weighted by atomic mass is 19.2. The van der Waals surface area contributed by atoms with Crippen LogP contribution in [-0.2, 0) is 0 Å². The molecular formula is C10H4F4O2. The van der Waals surface area contributed by atoms with E-state index in [9.17, 15) is 17.6 Å². The molecule has 0 aliphatic rings. The van der Waals surface area contributed by atoms with Crippen molar-refractivity contribution >= 4 is 10.8 Å². The van der Waals surface area contributed by atoms with Crippen LogP contribution in [0.5, 0.6) is 11.5 Å². The van der Waals surface area contributed by atoms with Crippen LogP contribution in [0.25, 0.3) is 10.8 Å². The predicted octanol–water partition coefficient (Wildman–Crippen LogP) is 2.81. The lowest BCUT2D eigenvalue weighted by Crippen LogP contribution is -1.95. The number of hydrogen-bond acceptors (Lipinski definition) is 2. The highest BCUT2D eigenvalue weighted by molar-refractivity contribution is 5.87. The minimum Gasteiger partial charge on any atom is -0.505 e. The van der Waals surface area contributed by atoms with E-state index >= 15 is 0 Å². The molecule has 2 N–H and O–H groups in total. The minimum absolute atomic E-state index is 0.647. The van der Waals surface area contributed by atoms with Gasteiger partial charge < -0.3 is 10.2 Å². The largest absolute Gasteiger partial charge is 0.505 e. The molecule has 0 atom stereocenters. The van der Waals surface area contributed by atoms with Crippen LogP contribution in [0.4, 0.5) is 17.6 Å². The molecule has 2 nitrogen and oxygen atoms in total. The average Bonchev–Trinajstić information content (AvgIpc) is 2.27. The van der Waals surface area contributed by atoms with Crippen molar-refractivity contribution in [2.24, 2.45) is 0 Å². The summed E-state index contributed by atoms with van der Waals surface area (Å²) in [5.41, 5.74) is 0. The number of halogens is 4. The Morgan fingerprint density at radius 2 is 1.38 bits per heavy atom. The van der Waals surface area contributed by atoms with Crippen LogP contribution in [0.15, 0.2) is 12.1 Å². The maximum Gasteiger partial charge on any atom is 0.204 e. The quantitative estimate of drug-likeness (QED) is 0.541. The Morgan fingerprint density at radius 1 is 0.750 bits per heavy atom. The predicted molar refractivity (Wildman–Crippen MR) is 47.1 cm³/mol. The van der Waals surface area contributed by atoms with E-state index in [0.29, 0.717) is 0 Å². The van der Waals surface area contributed by atoms with Gasteiger partial charge in [-0.3, -0.25) is 0 Å². The summed E-state index contributed by atoms with van der Waals surface area (Å²) in [5, 5.41) is 16.1. The van der Waals surface area contributed by atoms with E-state index < -0.39 is 45.5 Å². The molecule has 0 bridgehead atoms. The second kappa shape index (κ2) is 3.26. The van der Waals surface area contributed by atoms with E-state index in [0.717, 1.165) is 12.1 Å². The van der Waals surface area contributed by atoms with Crippen LogP contribution < -0.4 is 0 Å². The Hall–Kier alpha value is -1.98. The highest BCUT2D eigenvalue weighted by Gasteiger charge is 2.23. The first-order valence-corrected chi connectivity index (χ1v) is 4.11. The minimum atomic E-state index is -1.89. The van der Waals surface area contributed by atoms with Crippen molar-refractivity contribution in [1.82, 2.24) is 0 Å². The van der Waals surface area contributed by atoms with E-state index in [1.807, 2.05) is 0 Å². The first-order valence-electron chi connectivity index (χ1n) is 4.11. The van der Waals surface area contributed by atoms with Gasteiger partial charge in [-0.25, -0.2) is 13.2 Å². The van der Waals surface area contributed by atoms with E-state index in [4.69, 9.17) is 10.2 Å². The fourth-order valence-corrected chi connectivity index (χ4v) is 1.40. The van der Waals surface area contributed by atoms with E-state index in [1.54, 1.807) is 0 Å². The van der Waals surface area contributed by atoms with Crippen molar-refractivity contribution in [3.05, 3.63) is 35.4 Å². The van der Waals surface area contributed by atoms with Gasteiger partial charge in [-0.05, 0) is 12.1 Å². The third-order valence-electron chi connectivity index (χ3n) is 2.19. The van der Waals surface area contributed by atoms with Crippen molar-refractivity contribution in [2.75, 3.05) is 0 Å². The van der Waals surface area contributed by atoms with Crippen molar-refractivity contribution < 1.29 is 27.8 Å². The summed E-state index contributed by atoms with van der Waals surface area (Å²) in [6.45, 7) is 0. The van der Waals surface area contributed by atoms with Gasteiger partial charge in [-0.15, -0.1) is 0 Å². The van der Waals surface area contributed by atoms with Crippen molar-refractivity contribution in [3.8, 4) is 11.5 Å². The molecule has 2 aromatic carbocycles. The van der Waals surface area contributed by atoms with E-state index in [1.165, 1.54) is 0 Å². The molecule has 0 saturated carbocycles. The number of rotatable bonds is 0. The number of aromatic hydroxyl groups is 2. The first-order chi connectivity index (χ1) is 7.45. The summed E-state index contributed by atoms with van der Waals surface area (Å²) in [5.74, 6) is -9.05. The van der Waals surface area contributed by atoms with E-state index in [-0.39, 0.29) is 0 Å². The molecule has 6 heteroatoms.